The molecule has 0 aliphatic carbocycles. The molecule has 0 bridgehead atoms. The summed E-state index contributed by atoms with van der Waals surface area (Å²) in [5, 5.41) is 23.1. The van der Waals surface area contributed by atoms with Crippen LogP contribution in [0.2, 0.25) is 0 Å². The minimum absolute atomic E-state index is 0.0219. The number of amides is 1. The predicted octanol–water partition coefficient (Wildman–Crippen LogP) is 22.9. The van der Waals surface area contributed by atoms with E-state index in [1.165, 1.54) is 334 Å². The van der Waals surface area contributed by atoms with E-state index in [-0.39, 0.29) is 18.5 Å². The van der Waals surface area contributed by atoms with Gasteiger partial charge in [0, 0.05) is 12.8 Å². The molecular weight excluding hydrogens is 959 g/mol. The molecule has 0 aromatic carbocycles. The lowest BCUT2D eigenvalue weighted by Gasteiger charge is -2.20. The summed E-state index contributed by atoms with van der Waals surface area (Å²) in [6, 6.07) is -0.624. The summed E-state index contributed by atoms with van der Waals surface area (Å²) in [4.78, 5) is 24.5. The molecule has 3 N–H and O–H groups in total. The van der Waals surface area contributed by atoms with Crippen molar-refractivity contribution in [3.63, 3.8) is 0 Å². The lowest BCUT2D eigenvalue weighted by Crippen LogP contribution is -2.45. The van der Waals surface area contributed by atoms with E-state index in [9.17, 15) is 19.8 Å². The van der Waals surface area contributed by atoms with Gasteiger partial charge in [-0.05, 0) is 57.8 Å². The van der Waals surface area contributed by atoms with Crippen molar-refractivity contribution in [2.75, 3.05) is 13.2 Å². The van der Waals surface area contributed by atoms with Gasteiger partial charge < -0.3 is 20.3 Å². The zero-order chi connectivity index (χ0) is 56.4. The Balaban J connectivity index is 3.34. The molecule has 0 saturated heterocycles. The number of unbranched alkanes of at least 4 members (excludes halogenated alkanes) is 54. The molecule has 0 aliphatic rings. The summed E-state index contributed by atoms with van der Waals surface area (Å²) in [5.41, 5.74) is 0. The van der Waals surface area contributed by atoms with Gasteiger partial charge in [-0.2, -0.15) is 0 Å². The number of nitrogens with one attached hydrogen (secondary N) is 1. The van der Waals surface area contributed by atoms with Crippen molar-refractivity contribution >= 4 is 11.9 Å². The molecular formula is C72H139NO5. The number of rotatable bonds is 67. The van der Waals surface area contributed by atoms with Crippen LogP contribution in [0, 0.1) is 0 Å². The minimum atomic E-state index is -0.841. The molecule has 0 fully saturated rings. The first kappa shape index (κ1) is 76.3. The van der Waals surface area contributed by atoms with Crippen molar-refractivity contribution < 1.29 is 24.5 Å². The SMILES string of the molecule is CCCCCCCCCCCCC/C=C/C(O)C(CO)NC(=O)CCCCCCCCCCCCCCCCCCC/C=C\CCCCCCCCCCCCCCOC(=O)CCCCCCCCCCCCCCCCC. The summed E-state index contributed by atoms with van der Waals surface area (Å²) >= 11 is 0. The van der Waals surface area contributed by atoms with E-state index in [4.69, 9.17) is 4.74 Å². The smallest absolute Gasteiger partial charge is 0.305 e. The highest BCUT2D eigenvalue weighted by Crippen LogP contribution is 2.19. The number of aliphatic hydroxyl groups is 2. The lowest BCUT2D eigenvalue weighted by molar-refractivity contribution is -0.143. The number of carbonyl (C=O) groups excluding carboxylic acids is 2. The fourth-order valence-electron chi connectivity index (χ4n) is 11.3. The topological polar surface area (TPSA) is 95.9 Å². The molecule has 0 spiro atoms. The van der Waals surface area contributed by atoms with E-state index in [0.29, 0.717) is 19.4 Å². The number of aliphatic hydroxyl groups excluding tert-OH is 2. The van der Waals surface area contributed by atoms with E-state index >= 15 is 0 Å². The van der Waals surface area contributed by atoms with Crippen LogP contribution in [0.4, 0.5) is 0 Å². The number of esters is 1. The Kier molecular flexibility index (Phi) is 66.4. The van der Waals surface area contributed by atoms with Gasteiger partial charge in [-0.1, -0.05) is 353 Å². The lowest BCUT2D eigenvalue weighted by atomic mass is 10.0. The third-order valence-electron chi connectivity index (χ3n) is 16.7. The van der Waals surface area contributed by atoms with Crippen molar-refractivity contribution in [2.45, 2.75) is 411 Å². The van der Waals surface area contributed by atoms with Gasteiger partial charge >= 0.3 is 5.97 Å². The second kappa shape index (κ2) is 67.8. The Morgan fingerprint density at radius 1 is 0.346 bits per heavy atom. The Morgan fingerprint density at radius 2 is 0.603 bits per heavy atom. The van der Waals surface area contributed by atoms with E-state index in [0.717, 1.165) is 38.5 Å². The highest BCUT2D eigenvalue weighted by atomic mass is 16.5. The maximum absolute atomic E-state index is 12.5. The van der Waals surface area contributed by atoms with E-state index in [1.54, 1.807) is 6.08 Å². The van der Waals surface area contributed by atoms with E-state index in [2.05, 4.69) is 31.3 Å². The van der Waals surface area contributed by atoms with Gasteiger partial charge in [0.1, 0.15) is 0 Å². The van der Waals surface area contributed by atoms with Crippen LogP contribution in [0.1, 0.15) is 399 Å². The zero-order valence-electron chi connectivity index (χ0n) is 52.9. The average molecular weight is 1100 g/mol. The van der Waals surface area contributed by atoms with Gasteiger partial charge in [0.25, 0.3) is 0 Å². The Labute approximate surface area is 488 Å². The molecule has 0 aromatic rings. The average Bonchev–Trinajstić information content (AvgIpc) is 3.44. The molecule has 1 amide bonds. The molecule has 0 rings (SSSR count). The van der Waals surface area contributed by atoms with Crippen molar-refractivity contribution in [3.05, 3.63) is 24.3 Å². The largest absolute Gasteiger partial charge is 0.466 e. The van der Waals surface area contributed by atoms with Crippen LogP contribution in [-0.2, 0) is 14.3 Å². The first-order valence-corrected chi connectivity index (χ1v) is 35.6. The Bertz CT molecular complexity index is 1220. The van der Waals surface area contributed by atoms with Crippen LogP contribution in [-0.4, -0.2) is 47.4 Å². The quantitative estimate of drug-likeness (QED) is 0.0320. The van der Waals surface area contributed by atoms with Gasteiger partial charge in [-0.3, -0.25) is 9.59 Å². The van der Waals surface area contributed by atoms with Crippen LogP contribution in [0.5, 0.6) is 0 Å². The summed E-state index contributed by atoms with van der Waals surface area (Å²) < 4.78 is 5.50. The Hall–Kier alpha value is -1.66. The van der Waals surface area contributed by atoms with Crippen molar-refractivity contribution in [3.8, 4) is 0 Å². The molecule has 6 heteroatoms. The molecule has 6 nitrogen and oxygen atoms in total. The number of ether oxygens (including phenoxy) is 1. The van der Waals surface area contributed by atoms with Crippen molar-refractivity contribution in [1.82, 2.24) is 5.32 Å². The third-order valence-corrected chi connectivity index (χ3v) is 16.7. The highest BCUT2D eigenvalue weighted by molar-refractivity contribution is 5.76. The first-order valence-electron chi connectivity index (χ1n) is 35.6. The summed E-state index contributed by atoms with van der Waals surface area (Å²) in [6.07, 6.45) is 85.6. The summed E-state index contributed by atoms with van der Waals surface area (Å²) in [5.74, 6) is -0.0413. The fourth-order valence-corrected chi connectivity index (χ4v) is 11.3. The van der Waals surface area contributed by atoms with Gasteiger partial charge in [0.15, 0.2) is 0 Å². The molecule has 78 heavy (non-hydrogen) atoms. The molecule has 2 unspecified atom stereocenters. The second-order valence-electron chi connectivity index (χ2n) is 24.6. The maximum atomic E-state index is 12.5. The normalized spacial score (nSPS) is 12.6. The number of hydrogen-bond acceptors (Lipinski definition) is 5. The third kappa shape index (κ3) is 63.5. The van der Waals surface area contributed by atoms with Crippen molar-refractivity contribution in [2.24, 2.45) is 0 Å². The van der Waals surface area contributed by atoms with Crippen LogP contribution in [0.3, 0.4) is 0 Å². The van der Waals surface area contributed by atoms with Crippen LogP contribution < -0.4 is 5.32 Å². The fraction of sp³-hybridized carbons (Fsp3) is 0.917. The monoisotopic (exact) mass is 1100 g/mol. The zero-order valence-corrected chi connectivity index (χ0v) is 52.9. The Morgan fingerprint density at radius 3 is 0.910 bits per heavy atom. The maximum Gasteiger partial charge on any atom is 0.305 e. The molecule has 0 aliphatic heterocycles. The molecule has 462 valence electrons. The van der Waals surface area contributed by atoms with Crippen molar-refractivity contribution in [1.29, 1.82) is 0 Å². The molecule has 0 radical (unpaired) electrons. The van der Waals surface area contributed by atoms with Gasteiger partial charge in [0.2, 0.25) is 5.91 Å². The van der Waals surface area contributed by atoms with E-state index < -0.39 is 12.1 Å². The summed E-state index contributed by atoms with van der Waals surface area (Å²) in [6.45, 7) is 4.93. The van der Waals surface area contributed by atoms with Crippen LogP contribution >= 0.6 is 0 Å². The van der Waals surface area contributed by atoms with Gasteiger partial charge in [-0.15, -0.1) is 0 Å². The number of allylic oxidation sites excluding steroid dienone is 3. The predicted molar refractivity (Wildman–Crippen MR) is 343 cm³/mol. The van der Waals surface area contributed by atoms with E-state index in [1.807, 2.05) is 6.08 Å². The highest BCUT2D eigenvalue weighted by Gasteiger charge is 2.18. The standard InChI is InChI=1S/C72H139NO5/c1-3-5-7-9-11-13-15-17-37-42-46-50-54-58-62-66-72(77)78-67-63-59-55-51-47-43-39-36-34-32-30-28-26-24-22-20-18-19-21-23-25-27-29-31-33-35-38-41-45-49-53-57-61-65-71(76)73-69(68-74)70(75)64-60-56-52-48-44-40-16-14-12-10-8-6-4-2/h22,24,60,64,69-70,74-75H,3-21,23,25-59,61-63,65-68H2,1-2H3,(H,73,76)/b24-22-,64-60+. The molecule has 0 saturated carbocycles. The van der Waals surface area contributed by atoms with Crippen LogP contribution in [0.15, 0.2) is 24.3 Å². The van der Waals surface area contributed by atoms with Gasteiger partial charge in [0.05, 0.1) is 25.4 Å². The number of hydrogen-bond donors (Lipinski definition) is 3. The summed E-state index contributed by atoms with van der Waals surface area (Å²) in [7, 11) is 0. The first-order chi connectivity index (χ1) is 38.5. The molecule has 0 heterocycles. The van der Waals surface area contributed by atoms with Crippen LogP contribution in [0.25, 0.3) is 0 Å². The van der Waals surface area contributed by atoms with Gasteiger partial charge in [-0.25, -0.2) is 0 Å². The number of carbonyl (C=O) groups is 2. The molecule has 2 atom stereocenters. The second-order valence-corrected chi connectivity index (χ2v) is 24.6. The molecule has 0 aromatic heterocycles. The minimum Gasteiger partial charge on any atom is -0.466 e.